The fourth-order valence-electron chi connectivity index (χ4n) is 5.19. The summed E-state index contributed by atoms with van der Waals surface area (Å²) in [6.07, 6.45) is 2.96. The summed E-state index contributed by atoms with van der Waals surface area (Å²) < 4.78 is 12.7. The van der Waals surface area contributed by atoms with Gasteiger partial charge in [0.25, 0.3) is 5.56 Å². The molecule has 2 aromatic rings. The van der Waals surface area contributed by atoms with Gasteiger partial charge in [0.1, 0.15) is 5.75 Å². The highest BCUT2D eigenvalue weighted by Crippen LogP contribution is 2.35. The number of nitrogens with zero attached hydrogens (tertiary/aromatic N) is 4. The van der Waals surface area contributed by atoms with E-state index in [2.05, 4.69) is 31.5 Å². The zero-order valence-electron chi connectivity index (χ0n) is 17.6. The van der Waals surface area contributed by atoms with E-state index in [1.165, 1.54) is 12.1 Å². The molecule has 0 aliphatic carbocycles. The van der Waals surface area contributed by atoms with E-state index in [1.54, 1.807) is 13.3 Å². The minimum Gasteiger partial charge on any atom is -0.495 e. The van der Waals surface area contributed by atoms with Crippen molar-refractivity contribution in [2.45, 2.75) is 32.0 Å². The van der Waals surface area contributed by atoms with E-state index in [-0.39, 0.29) is 5.56 Å². The lowest BCUT2D eigenvalue weighted by Gasteiger charge is -2.43. The molecule has 2 saturated heterocycles. The largest absolute Gasteiger partial charge is 0.495 e. The molecule has 2 bridgehead atoms. The maximum Gasteiger partial charge on any atom is 0.255 e. The predicted octanol–water partition coefficient (Wildman–Crippen LogP) is 1.70. The number of ether oxygens (including phenoxy) is 2. The highest BCUT2D eigenvalue weighted by atomic mass is 16.5. The van der Waals surface area contributed by atoms with Gasteiger partial charge in [0.2, 0.25) is 0 Å². The Hall–Kier alpha value is -2.22. The number of methoxy groups -OCH3 is 1. The summed E-state index contributed by atoms with van der Waals surface area (Å²) in [6.45, 7) is 7.72. The molecule has 3 aliphatic rings. The number of piperidine rings is 1. The Kier molecular flexibility index (Phi) is 5.58. The Balaban J connectivity index is 1.31. The van der Waals surface area contributed by atoms with Gasteiger partial charge in [-0.15, -0.1) is 0 Å². The summed E-state index contributed by atoms with van der Waals surface area (Å²) in [4.78, 5) is 22.6. The topological polar surface area (TPSA) is 59.8 Å². The van der Waals surface area contributed by atoms with E-state index in [0.29, 0.717) is 11.8 Å². The quantitative estimate of drug-likeness (QED) is 0.748. The van der Waals surface area contributed by atoms with Gasteiger partial charge in [-0.25, -0.2) is 0 Å². The van der Waals surface area contributed by atoms with Gasteiger partial charge in [0.05, 0.1) is 32.2 Å². The lowest BCUT2D eigenvalue weighted by Crippen LogP contribution is -2.47. The molecule has 0 radical (unpaired) electrons. The molecular weight excluding hydrogens is 380 g/mol. The Morgan fingerprint density at radius 2 is 1.93 bits per heavy atom. The van der Waals surface area contributed by atoms with E-state index in [1.807, 2.05) is 12.1 Å². The smallest absolute Gasteiger partial charge is 0.255 e. The number of hydrogen-bond donors (Lipinski definition) is 0. The summed E-state index contributed by atoms with van der Waals surface area (Å²) >= 11 is 0. The fourth-order valence-corrected chi connectivity index (χ4v) is 5.19. The van der Waals surface area contributed by atoms with Crippen LogP contribution in [0.2, 0.25) is 0 Å². The number of rotatable bonds is 5. The van der Waals surface area contributed by atoms with Crippen molar-refractivity contribution in [1.29, 1.82) is 0 Å². The first-order valence-electron chi connectivity index (χ1n) is 10.9. The van der Waals surface area contributed by atoms with Crippen LogP contribution in [0, 0.1) is 5.92 Å². The number of fused-ring (bicyclic) bond motifs is 4. The van der Waals surface area contributed by atoms with Crippen LogP contribution in [0.3, 0.4) is 0 Å². The van der Waals surface area contributed by atoms with Gasteiger partial charge >= 0.3 is 0 Å². The van der Waals surface area contributed by atoms with Gasteiger partial charge in [-0.2, -0.15) is 0 Å². The van der Waals surface area contributed by atoms with E-state index >= 15 is 0 Å². The SMILES string of the molecule is COc1ccc(CN2C[C@@H]3C[C@H](C2)c2ccc(CN4CCOCC4)c(=O)n2C3)nc1. The molecule has 2 atom stereocenters. The summed E-state index contributed by atoms with van der Waals surface area (Å²) in [7, 11) is 1.66. The predicted molar refractivity (Wildman–Crippen MR) is 114 cm³/mol. The van der Waals surface area contributed by atoms with E-state index in [0.717, 1.165) is 76.0 Å². The Morgan fingerprint density at radius 3 is 2.70 bits per heavy atom. The number of aromatic nitrogens is 2. The summed E-state index contributed by atoms with van der Waals surface area (Å²) in [6, 6.07) is 8.28. The van der Waals surface area contributed by atoms with Crippen LogP contribution in [0.5, 0.6) is 5.75 Å². The second kappa shape index (κ2) is 8.49. The van der Waals surface area contributed by atoms with E-state index in [4.69, 9.17) is 9.47 Å². The van der Waals surface area contributed by atoms with Crippen molar-refractivity contribution in [3.05, 3.63) is 57.8 Å². The van der Waals surface area contributed by atoms with Crippen molar-refractivity contribution < 1.29 is 9.47 Å². The van der Waals surface area contributed by atoms with Gasteiger partial charge in [0, 0.05) is 63.0 Å². The van der Waals surface area contributed by atoms with Crippen LogP contribution in [0.4, 0.5) is 0 Å². The monoisotopic (exact) mass is 410 g/mol. The van der Waals surface area contributed by atoms with Crippen LogP contribution in [0.25, 0.3) is 0 Å². The van der Waals surface area contributed by atoms with Crippen LogP contribution in [-0.2, 0) is 24.4 Å². The molecule has 30 heavy (non-hydrogen) atoms. The van der Waals surface area contributed by atoms with Crippen molar-refractivity contribution in [2.75, 3.05) is 46.5 Å². The van der Waals surface area contributed by atoms with Crippen LogP contribution in [0.1, 0.15) is 29.3 Å². The van der Waals surface area contributed by atoms with Gasteiger partial charge in [0.15, 0.2) is 0 Å². The Bertz CT molecular complexity index is 936. The van der Waals surface area contributed by atoms with Crippen LogP contribution >= 0.6 is 0 Å². The van der Waals surface area contributed by atoms with Crippen molar-refractivity contribution in [3.8, 4) is 5.75 Å². The first-order chi connectivity index (χ1) is 14.7. The molecule has 0 N–H and O–H groups in total. The zero-order chi connectivity index (χ0) is 20.5. The molecule has 2 aromatic heterocycles. The Labute approximate surface area is 177 Å². The zero-order valence-corrected chi connectivity index (χ0v) is 17.6. The highest BCUT2D eigenvalue weighted by Gasteiger charge is 2.35. The minimum atomic E-state index is 0.207. The second-order valence-electron chi connectivity index (χ2n) is 8.77. The number of likely N-dealkylation sites (tertiary alicyclic amines) is 1. The van der Waals surface area contributed by atoms with Gasteiger partial charge in [-0.1, -0.05) is 6.07 Å². The first-order valence-corrected chi connectivity index (χ1v) is 10.9. The number of morpholine rings is 1. The van der Waals surface area contributed by atoms with Crippen molar-refractivity contribution in [2.24, 2.45) is 5.92 Å². The summed E-state index contributed by atoms with van der Waals surface area (Å²) in [5.41, 5.74) is 3.39. The van der Waals surface area contributed by atoms with Gasteiger partial charge in [-0.05, 0) is 30.5 Å². The minimum absolute atomic E-state index is 0.207. The normalized spacial score (nSPS) is 24.4. The molecule has 5 rings (SSSR count). The van der Waals surface area contributed by atoms with E-state index in [9.17, 15) is 4.79 Å². The lowest BCUT2D eigenvalue weighted by molar-refractivity contribution is 0.0338. The molecule has 2 fully saturated rings. The molecule has 0 aromatic carbocycles. The number of hydrogen-bond acceptors (Lipinski definition) is 6. The maximum absolute atomic E-state index is 13.2. The molecular formula is C23H30N4O3. The molecule has 5 heterocycles. The Morgan fingerprint density at radius 1 is 1.07 bits per heavy atom. The molecule has 3 aliphatic heterocycles. The molecule has 160 valence electrons. The molecule has 0 amide bonds. The lowest BCUT2D eigenvalue weighted by atomic mass is 9.83. The van der Waals surface area contributed by atoms with Crippen molar-refractivity contribution >= 4 is 0 Å². The summed E-state index contributed by atoms with van der Waals surface area (Å²) in [5.74, 6) is 1.72. The second-order valence-corrected chi connectivity index (χ2v) is 8.77. The van der Waals surface area contributed by atoms with Crippen LogP contribution < -0.4 is 10.3 Å². The maximum atomic E-state index is 13.2. The average Bonchev–Trinajstić information content (AvgIpc) is 2.77. The van der Waals surface area contributed by atoms with Crippen LogP contribution in [0.15, 0.2) is 35.3 Å². The molecule has 7 heteroatoms. The fraction of sp³-hybridized carbons (Fsp3) is 0.565. The third-order valence-corrected chi connectivity index (χ3v) is 6.68. The number of pyridine rings is 2. The summed E-state index contributed by atoms with van der Waals surface area (Å²) in [5, 5.41) is 0. The third kappa shape index (κ3) is 4.02. The molecule has 7 nitrogen and oxygen atoms in total. The average molecular weight is 411 g/mol. The third-order valence-electron chi connectivity index (χ3n) is 6.68. The first kappa shape index (κ1) is 19.7. The molecule has 0 saturated carbocycles. The molecule has 0 spiro atoms. The molecule has 0 unspecified atom stereocenters. The highest BCUT2D eigenvalue weighted by molar-refractivity contribution is 5.23. The van der Waals surface area contributed by atoms with Gasteiger partial charge in [-0.3, -0.25) is 19.6 Å². The van der Waals surface area contributed by atoms with Gasteiger partial charge < -0.3 is 14.0 Å². The van der Waals surface area contributed by atoms with Crippen LogP contribution in [-0.4, -0.2) is 65.9 Å². The van der Waals surface area contributed by atoms with Crippen molar-refractivity contribution in [1.82, 2.24) is 19.4 Å². The van der Waals surface area contributed by atoms with Crippen molar-refractivity contribution in [3.63, 3.8) is 0 Å². The standard InChI is InChI=1S/C23H30N4O3/c1-29-21-4-3-20(24-11-21)16-26-12-17-10-19(15-26)22-5-2-18(23(28)27(22)13-17)14-25-6-8-30-9-7-25/h2-5,11,17,19H,6-10,12-16H2,1H3/t17-,19+/m0/s1. The van der Waals surface area contributed by atoms with E-state index < -0.39 is 0 Å².